The van der Waals surface area contributed by atoms with Crippen LogP contribution in [0.4, 0.5) is 0 Å². The Labute approximate surface area is 126 Å². The van der Waals surface area contributed by atoms with Gasteiger partial charge in [-0.2, -0.15) is 0 Å². The normalized spacial score (nSPS) is 17.7. The Hall–Kier alpha value is -1.40. The third-order valence-corrected chi connectivity index (χ3v) is 5.25. The second kappa shape index (κ2) is 6.15. The number of rotatable bonds is 4. The number of hydrogen-bond acceptors (Lipinski definition) is 3. The summed E-state index contributed by atoms with van der Waals surface area (Å²) < 4.78 is 22.5. The van der Waals surface area contributed by atoms with Crippen molar-refractivity contribution in [3.05, 3.63) is 29.8 Å². The van der Waals surface area contributed by atoms with Crippen LogP contribution in [-0.4, -0.2) is 26.3 Å². The molecular formula is C15H22N2O3S. The predicted octanol–water partition coefficient (Wildman–Crippen LogP) is 2.04. The van der Waals surface area contributed by atoms with Gasteiger partial charge in [0, 0.05) is 13.0 Å². The smallest absolute Gasteiger partial charge is 0.238 e. The molecule has 0 bridgehead atoms. The van der Waals surface area contributed by atoms with Crippen molar-refractivity contribution in [3.8, 4) is 0 Å². The first-order valence-electron chi connectivity index (χ1n) is 7.20. The predicted molar refractivity (Wildman–Crippen MR) is 81.0 cm³/mol. The van der Waals surface area contributed by atoms with E-state index in [-0.39, 0.29) is 22.8 Å². The summed E-state index contributed by atoms with van der Waals surface area (Å²) in [7, 11) is -1.87. The van der Waals surface area contributed by atoms with Crippen molar-refractivity contribution in [3.63, 3.8) is 0 Å². The average Bonchev–Trinajstić information content (AvgIpc) is 2.98. The van der Waals surface area contributed by atoms with Crippen molar-refractivity contribution >= 4 is 15.9 Å². The van der Waals surface area contributed by atoms with Crippen LogP contribution < -0.4 is 5.14 Å². The fourth-order valence-corrected chi connectivity index (χ4v) is 3.33. The number of nitrogens with two attached hydrogens (primary N) is 1. The zero-order valence-corrected chi connectivity index (χ0v) is 13.3. The highest BCUT2D eigenvalue weighted by Crippen LogP contribution is 2.29. The maximum atomic E-state index is 12.4. The van der Waals surface area contributed by atoms with Gasteiger partial charge in [-0.3, -0.25) is 4.79 Å². The second-order valence-electron chi connectivity index (χ2n) is 5.72. The van der Waals surface area contributed by atoms with E-state index in [1.807, 2.05) is 6.92 Å². The molecule has 1 aromatic rings. The summed E-state index contributed by atoms with van der Waals surface area (Å²) in [5.41, 5.74) is 0.899. The van der Waals surface area contributed by atoms with Gasteiger partial charge in [0.1, 0.15) is 0 Å². The lowest BCUT2D eigenvalue weighted by Gasteiger charge is -2.28. The zero-order chi connectivity index (χ0) is 15.6. The maximum absolute atomic E-state index is 12.4. The Balaban J connectivity index is 2.11. The highest BCUT2D eigenvalue weighted by Gasteiger charge is 2.28. The maximum Gasteiger partial charge on any atom is 0.238 e. The van der Waals surface area contributed by atoms with Crippen LogP contribution in [0.25, 0.3) is 0 Å². The van der Waals surface area contributed by atoms with Gasteiger partial charge in [0.2, 0.25) is 15.9 Å². The number of sulfonamides is 1. The number of nitrogens with zero attached hydrogens (tertiary/aromatic N) is 1. The van der Waals surface area contributed by atoms with E-state index in [0.717, 1.165) is 31.2 Å². The van der Waals surface area contributed by atoms with E-state index in [2.05, 4.69) is 0 Å². The molecule has 2 rings (SSSR count). The SMILES string of the molecule is CC(c1ccc(S(N)(=O)=O)cc1)N(C)C(=O)C1CCCC1. The van der Waals surface area contributed by atoms with Crippen molar-refractivity contribution in [1.82, 2.24) is 4.90 Å². The number of amides is 1. The minimum Gasteiger partial charge on any atom is -0.339 e. The summed E-state index contributed by atoms with van der Waals surface area (Å²) in [4.78, 5) is 14.2. The molecule has 1 saturated carbocycles. The molecule has 5 nitrogen and oxygen atoms in total. The van der Waals surface area contributed by atoms with Crippen molar-refractivity contribution in [2.24, 2.45) is 11.1 Å². The van der Waals surface area contributed by atoms with E-state index in [4.69, 9.17) is 5.14 Å². The molecule has 0 radical (unpaired) electrons. The van der Waals surface area contributed by atoms with Crippen LogP contribution >= 0.6 is 0 Å². The summed E-state index contributed by atoms with van der Waals surface area (Å²) in [6.07, 6.45) is 4.20. The summed E-state index contributed by atoms with van der Waals surface area (Å²) in [5, 5.41) is 5.08. The molecule has 0 heterocycles. The fourth-order valence-electron chi connectivity index (χ4n) is 2.81. The van der Waals surface area contributed by atoms with Crippen LogP contribution in [0.2, 0.25) is 0 Å². The molecule has 0 saturated heterocycles. The number of hydrogen-bond donors (Lipinski definition) is 1. The van der Waals surface area contributed by atoms with Gasteiger partial charge in [-0.05, 0) is 37.5 Å². The van der Waals surface area contributed by atoms with Gasteiger partial charge < -0.3 is 4.90 Å². The molecule has 0 aromatic heterocycles. The molecule has 1 aromatic carbocycles. The largest absolute Gasteiger partial charge is 0.339 e. The van der Waals surface area contributed by atoms with E-state index in [1.165, 1.54) is 12.1 Å². The fraction of sp³-hybridized carbons (Fsp3) is 0.533. The van der Waals surface area contributed by atoms with Gasteiger partial charge in [0.25, 0.3) is 0 Å². The van der Waals surface area contributed by atoms with E-state index in [9.17, 15) is 13.2 Å². The highest BCUT2D eigenvalue weighted by atomic mass is 32.2. The lowest BCUT2D eigenvalue weighted by Crippen LogP contribution is -2.34. The van der Waals surface area contributed by atoms with Crippen molar-refractivity contribution in [2.75, 3.05) is 7.05 Å². The Morgan fingerprint density at radius 1 is 1.24 bits per heavy atom. The molecule has 21 heavy (non-hydrogen) atoms. The minimum atomic E-state index is -3.68. The summed E-state index contributed by atoms with van der Waals surface area (Å²) >= 11 is 0. The van der Waals surface area contributed by atoms with Gasteiger partial charge in [-0.15, -0.1) is 0 Å². The first-order valence-corrected chi connectivity index (χ1v) is 8.75. The minimum absolute atomic E-state index is 0.0863. The van der Waals surface area contributed by atoms with Crippen LogP contribution in [-0.2, 0) is 14.8 Å². The molecule has 1 unspecified atom stereocenters. The van der Waals surface area contributed by atoms with E-state index in [0.29, 0.717) is 0 Å². The molecule has 116 valence electrons. The first kappa shape index (κ1) is 16.0. The average molecular weight is 310 g/mol. The Bertz CT molecular complexity index is 604. The number of primary sulfonamides is 1. The zero-order valence-electron chi connectivity index (χ0n) is 12.5. The van der Waals surface area contributed by atoms with Crippen LogP contribution in [0.15, 0.2) is 29.2 Å². The standard InChI is InChI=1S/C15H22N2O3S/c1-11(17(2)15(18)13-5-3-4-6-13)12-7-9-14(10-8-12)21(16,19)20/h7-11,13H,3-6H2,1-2H3,(H2,16,19,20). The van der Waals surface area contributed by atoms with Crippen LogP contribution in [0.3, 0.4) is 0 Å². The molecule has 1 aliphatic rings. The molecule has 1 aliphatic carbocycles. The first-order chi connectivity index (χ1) is 9.80. The van der Waals surface area contributed by atoms with Crippen LogP contribution in [0.5, 0.6) is 0 Å². The molecule has 1 amide bonds. The van der Waals surface area contributed by atoms with E-state index >= 15 is 0 Å². The van der Waals surface area contributed by atoms with Gasteiger partial charge in [-0.25, -0.2) is 13.6 Å². The molecular weight excluding hydrogens is 288 g/mol. The molecule has 2 N–H and O–H groups in total. The van der Waals surface area contributed by atoms with Gasteiger partial charge >= 0.3 is 0 Å². The van der Waals surface area contributed by atoms with Crippen molar-refractivity contribution in [1.29, 1.82) is 0 Å². The summed E-state index contributed by atoms with van der Waals surface area (Å²) in [6.45, 7) is 1.94. The molecule has 1 fully saturated rings. The third-order valence-electron chi connectivity index (χ3n) is 4.32. The molecule has 1 atom stereocenters. The van der Waals surface area contributed by atoms with E-state index in [1.54, 1.807) is 24.1 Å². The Kier molecular flexibility index (Phi) is 4.68. The van der Waals surface area contributed by atoms with Gasteiger partial charge in [0.15, 0.2) is 0 Å². The van der Waals surface area contributed by atoms with Crippen LogP contribution in [0, 0.1) is 5.92 Å². The molecule has 0 spiro atoms. The lowest BCUT2D eigenvalue weighted by molar-refractivity contribution is -0.135. The van der Waals surface area contributed by atoms with Crippen molar-refractivity contribution in [2.45, 2.75) is 43.5 Å². The summed E-state index contributed by atoms with van der Waals surface area (Å²) in [5.74, 6) is 0.316. The van der Waals surface area contributed by atoms with E-state index < -0.39 is 10.0 Å². The second-order valence-corrected chi connectivity index (χ2v) is 7.28. The Morgan fingerprint density at radius 2 is 1.76 bits per heavy atom. The highest BCUT2D eigenvalue weighted by molar-refractivity contribution is 7.89. The van der Waals surface area contributed by atoms with Crippen LogP contribution in [0.1, 0.15) is 44.2 Å². The quantitative estimate of drug-likeness (QED) is 0.924. The molecule has 6 heteroatoms. The topological polar surface area (TPSA) is 80.5 Å². The van der Waals surface area contributed by atoms with Crippen molar-refractivity contribution < 1.29 is 13.2 Å². The van der Waals surface area contributed by atoms with Gasteiger partial charge in [-0.1, -0.05) is 25.0 Å². The Morgan fingerprint density at radius 3 is 2.24 bits per heavy atom. The number of benzene rings is 1. The summed E-state index contributed by atoms with van der Waals surface area (Å²) in [6, 6.07) is 6.29. The molecule has 0 aliphatic heterocycles. The monoisotopic (exact) mass is 310 g/mol. The van der Waals surface area contributed by atoms with Gasteiger partial charge in [0.05, 0.1) is 10.9 Å². The number of carbonyl (C=O) groups is 1. The third kappa shape index (κ3) is 3.63. The lowest BCUT2D eigenvalue weighted by atomic mass is 10.0. The number of carbonyl (C=O) groups excluding carboxylic acids is 1.